The first-order valence-corrected chi connectivity index (χ1v) is 14.9. The van der Waals surface area contributed by atoms with Crippen LogP contribution in [0.4, 0.5) is 0 Å². The molecule has 1 aromatic heterocycles. The highest BCUT2D eigenvalue weighted by molar-refractivity contribution is 7.12. The highest BCUT2D eigenvalue weighted by atomic mass is 32.1. The second-order valence-corrected chi connectivity index (χ2v) is 11.7. The minimum Gasteiger partial charge on any atom is -0.455 e. The van der Waals surface area contributed by atoms with Gasteiger partial charge in [0.05, 0.1) is 10.7 Å². The Kier molecular flexibility index (Phi) is 10.6. The Morgan fingerprint density at radius 2 is 1.69 bits per heavy atom. The molecule has 1 heterocycles. The zero-order chi connectivity index (χ0) is 27.6. The Morgan fingerprint density at radius 1 is 1.05 bits per heavy atom. The van der Waals surface area contributed by atoms with E-state index in [4.69, 9.17) is 25.4 Å². The standard InChI is InChI=1S/C31H42N4O3S/c1-4-5-11-28(38-26-18-14-23(15-19-26)30(32)34-36)37-25-16-12-22(13-17-25)29-27(20-21-35(2)3)39-31(33-29)24-9-7-6-8-10-24/h12-19,24,28,36H,4-11,20-21H2,1-3H3,(H2,32,34). The zero-order valence-electron chi connectivity index (χ0n) is 23.4. The Morgan fingerprint density at radius 3 is 2.28 bits per heavy atom. The third-order valence-corrected chi connectivity index (χ3v) is 8.45. The van der Waals surface area contributed by atoms with E-state index in [9.17, 15) is 0 Å². The predicted molar refractivity (Wildman–Crippen MR) is 159 cm³/mol. The summed E-state index contributed by atoms with van der Waals surface area (Å²) in [6, 6.07) is 15.4. The molecule has 210 valence electrons. The maximum absolute atomic E-state index is 8.89. The maximum Gasteiger partial charge on any atom is 0.241 e. The highest BCUT2D eigenvalue weighted by Crippen LogP contribution is 2.39. The molecule has 1 atom stereocenters. The van der Waals surface area contributed by atoms with E-state index in [0.717, 1.165) is 49.2 Å². The number of amidine groups is 1. The number of aromatic nitrogens is 1. The van der Waals surface area contributed by atoms with Gasteiger partial charge in [0, 0.05) is 34.9 Å². The van der Waals surface area contributed by atoms with Crippen molar-refractivity contribution in [3.63, 3.8) is 0 Å². The first-order chi connectivity index (χ1) is 19.0. The van der Waals surface area contributed by atoms with Crippen LogP contribution < -0.4 is 15.2 Å². The van der Waals surface area contributed by atoms with E-state index in [1.54, 1.807) is 24.3 Å². The minimum atomic E-state index is -0.418. The maximum atomic E-state index is 8.89. The Bertz CT molecular complexity index is 1190. The van der Waals surface area contributed by atoms with Gasteiger partial charge in [0.1, 0.15) is 11.5 Å². The van der Waals surface area contributed by atoms with Crippen LogP contribution in [0.15, 0.2) is 53.7 Å². The van der Waals surface area contributed by atoms with Gasteiger partial charge in [0.2, 0.25) is 6.29 Å². The summed E-state index contributed by atoms with van der Waals surface area (Å²) in [5.74, 6) is 2.11. The number of benzene rings is 2. The predicted octanol–water partition coefficient (Wildman–Crippen LogP) is 7.03. The molecule has 8 heteroatoms. The number of thiazole rings is 1. The van der Waals surface area contributed by atoms with Crippen molar-refractivity contribution in [1.82, 2.24) is 9.88 Å². The van der Waals surface area contributed by atoms with Crippen molar-refractivity contribution in [2.75, 3.05) is 20.6 Å². The molecule has 4 rings (SSSR count). The molecule has 3 N–H and O–H groups in total. The minimum absolute atomic E-state index is 0.0660. The molecule has 0 spiro atoms. The van der Waals surface area contributed by atoms with Gasteiger partial charge in [-0.3, -0.25) is 0 Å². The van der Waals surface area contributed by atoms with Crippen molar-refractivity contribution in [3.05, 3.63) is 64.0 Å². The number of hydrogen-bond acceptors (Lipinski definition) is 7. The van der Waals surface area contributed by atoms with Gasteiger partial charge in [-0.15, -0.1) is 11.3 Å². The summed E-state index contributed by atoms with van der Waals surface area (Å²) in [5, 5.41) is 13.2. The SMILES string of the molecule is CCCCC(Oc1ccc(C(N)=NO)cc1)Oc1ccc(-c2nc(C3CCCCC3)sc2CCN(C)C)cc1. The summed E-state index contributed by atoms with van der Waals surface area (Å²) in [6.07, 6.45) is 9.90. The number of rotatable bonds is 13. The van der Waals surface area contributed by atoms with Crippen molar-refractivity contribution >= 4 is 17.2 Å². The molecule has 7 nitrogen and oxygen atoms in total. The molecule has 0 saturated heterocycles. The molecule has 1 aliphatic carbocycles. The lowest BCUT2D eigenvalue weighted by molar-refractivity contribution is -0.00211. The molecular weight excluding hydrogens is 508 g/mol. The number of likely N-dealkylation sites (N-methyl/N-ethyl adjacent to an activating group) is 1. The van der Waals surface area contributed by atoms with E-state index in [1.807, 2.05) is 23.5 Å². The van der Waals surface area contributed by atoms with Gasteiger partial charge in [-0.05, 0) is 88.3 Å². The lowest BCUT2D eigenvalue weighted by Crippen LogP contribution is -2.24. The van der Waals surface area contributed by atoms with Crippen LogP contribution >= 0.6 is 11.3 Å². The smallest absolute Gasteiger partial charge is 0.241 e. The fraction of sp³-hybridized carbons (Fsp3) is 0.484. The number of oxime groups is 1. The second-order valence-electron chi connectivity index (χ2n) is 10.6. The summed E-state index contributed by atoms with van der Waals surface area (Å²) in [7, 11) is 4.25. The average molecular weight is 551 g/mol. The number of hydrogen-bond donors (Lipinski definition) is 2. The van der Waals surface area contributed by atoms with E-state index in [2.05, 4.69) is 43.2 Å². The van der Waals surface area contributed by atoms with E-state index in [-0.39, 0.29) is 5.84 Å². The first kappa shape index (κ1) is 28.9. The number of unbranched alkanes of at least 4 members (excludes halogenated alkanes) is 1. The van der Waals surface area contributed by atoms with Crippen molar-refractivity contribution in [2.24, 2.45) is 10.9 Å². The lowest BCUT2D eigenvalue weighted by atomic mass is 9.90. The molecule has 0 radical (unpaired) electrons. The van der Waals surface area contributed by atoms with Crippen molar-refractivity contribution in [3.8, 4) is 22.8 Å². The van der Waals surface area contributed by atoms with E-state index >= 15 is 0 Å². The van der Waals surface area contributed by atoms with Crippen molar-refractivity contribution < 1.29 is 14.7 Å². The Hall–Kier alpha value is -3.10. The van der Waals surface area contributed by atoms with Gasteiger partial charge < -0.3 is 25.3 Å². The molecule has 1 unspecified atom stereocenters. The highest BCUT2D eigenvalue weighted by Gasteiger charge is 2.22. The molecule has 39 heavy (non-hydrogen) atoms. The van der Waals surface area contributed by atoms with Crippen LogP contribution in [0, 0.1) is 0 Å². The summed E-state index contributed by atoms with van der Waals surface area (Å²) < 4.78 is 12.5. The van der Waals surface area contributed by atoms with Crippen LogP contribution in [0.3, 0.4) is 0 Å². The monoisotopic (exact) mass is 550 g/mol. The quantitative estimate of drug-likeness (QED) is 0.0780. The summed E-state index contributed by atoms with van der Waals surface area (Å²) in [4.78, 5) is 8.80. The van der Waals surface area contributed by atoms with E-state index in [0.29, 0.717) is 17.2 Å². The molecular formula is C31H42N4O3S. The van der Waals surface area contributed by atoms with Crippen molar-refractivity contribution in [2.45, 2.75) is 76.9 Å². The molecule has 1 fully saturated rings. The largest absolute Gasteiger partial charge is 0.455 e. The third-order valence-electron chi connectivity index (χ3n) is 7.17. The van der Waals surface area contributed by atoms with Crippen LogP contribution in [0.5, 0.6) is 11.5 Å². The van der Waals surface area contributed by atoms with Gasteiger partial charge in [-0.25, -0.2) is 4.98 Å². The number of ether oxygens (including phenoxy) is 2. The van der Waals surface area contributed by atoms with Crippen LogP contribution in [0.2, 0.25) is 0 Å². The van der Waals surface area contributed by atoms with Crippen LogP contribution in [0.25, 0.3) is 11.3 Å². The molecule has 2 aromatic carbocycles. The number of nitrogens with two attached hydrogens (primary N) is 1. The lowest BCUT2D eigenvalue weighted by Gasteiger charge is -2.21. The average Bonchev–Trinajstić information content (AvgIpc) is 3.40. The van der Waals surface area contributed by atoms with Crippen LogP contribution in [-0.4, -0.2) is 47.9 Å². The van der Waals surface area contributed by atoms with Gasteiger partial charge in [-0.1, -0.05) is 37.8 Å². The van der Waals surface area contributed by atoms with Crippen LogP contribution in [0.1, 0.15) is 79.7 Å². The van der Waals surface area contributed by atoms with Gasteiger partial charge in [0.15, 0.2) is 5.84 Å². The summed E-state index contributed by atoms with van der Waals surface area (Å²) in [6.45, 7) is 3.16. The normalized spacial score (nSPS) is 15.4. The topological polar surface area (TPSA) is 93.2 Å². The van der Waals surface area contributed by atoms with E-state index in [1.165, 1.54) is 42.0 Å². The summed E-state index contributed by atoms with van der Waals surface area (Å²) in [5.41, 5.74) is 8.57. The fourth-order valence-electron chi connectivity index (χ4n) is 4.88. The Balaban J connectivity index is 1.49. The summed E-state index contributed by atoms with van der Waals surface area (Å²) >= 11 is 1.91. The van der Waals surface area contributed by atoms with Crippen LogP contribution in [-0.2, 0) is 6.42 Å². The molecule has 0 bridgehead atoms. The first-order valence-electron chi connectivity index (χ1n) is 14.1. The molecule has 0 amide bonds. The second kappa shape index (κ2) is 14.3. The molecule has 3 aromatic rings. The third kappa shape index (κ3) is 8.19. The molecule has 1 aliphatic rings. The van der Waals surface area contributed by atoms with Gasteiger partial charge in [0.25, 0.3) is 0 Å². The Labute approximate surface area is 236 Å². The molecule has 0 aliphatic heterocycles. The van der Waals surface area contributed by atoms with Crippen molar-refractivity contribution in [1.29, 1.82) is 0 Å². The zero-order valence-corrected chi connectivity index (χ0v) is 24.3. The van der Waals surface area contributed by atoms with Gasteiger partial charge >= 0.3 is 0 Å². The fourth-order valence-corrected chi connectivity index (χ4v) is 6.13. The van der Waals surface area contributed by atoms with Gasteiger partial charge in [-0.2, -0.15) is 0 Å². The number of nitrogens with zero attached hydrogens (tertiary/aromatic N) is 3. The molecule has 1 saturated carbocycles. The van der Waals surface area contributed by atoms with E-state index < -0.39 is 6.29 Å².